The molecule has 2 aromatic rings. The highest BCUT2D eigenvalue weighted by Gasteiger charge is 2.14. The lowest BCUT2D eigenvalue weighted by atomic mass is 10.2. The number of amides is 2. The Labute approximate surface area is 158 Å². The van der Waals surface area contributed by atoms with Crippen LogP contribution in [0.3, 0.4) is 0 Å². The van der Waals surface area contributed by atoms with Gasteiger partial charge in [-0.3, -0.25) is 20.4 Å². The number of rotatable bonds is 7. The maximum absolute atomic E-state index is 12.2. The van der Waals surface area contributed by atoms with E-state index in [0.29, 0.717) is 35.2 Å². The standard InChI is InChI=1S/C17H19BrN2O4S/c1-3-9-24-12-6-5-11(10-13(12)23-4-2)16(21)19-20-17(22)14-7-8-15(18)25-14/h5-8,10H,3-4,9H2,1-2H3,(H,19,21)(H,20,22). The minimum Gasteiger partial charge on any atom is -0.490 e. The van der Waals surface area contributed by atoms with Gasteiger partial charge in [-0.1, -0.05) is 6.92 Å². The number of hydrogen-bond donors (Lipinski definition) is 2. The predicted molar refractivity (Wildman–Crippen MR) is 100 cm³/mol. The molecule has 0 fully saturated rings. The van der Waals surface area contributed by atoms with Crippen LogP contribution in [0.4, 0.5) is 0 Å². The monoisotopic (exact) mass is 426 g/mol. The van der Waals surface area contributed by atoms with Crippen LogP contribution < -0.4 is 20.3 Å². The van der Waals surface area contributed by atoms with Crippen LogP contribution in [0.1, 0.15) is 40.3 Å². The molecule has 0 atom stereocenters. The molecule has 25 heavy (non-hydrogen) atoms. The second kappa shape index (κ2) is 9.43. The van der Waals surface area contributed by atoms with Crippen LogP contribution in [0, 0.1) is 0 Å². The highest BCUT2D eigenvalue weighted by Crippen LogP contribution is 2.28. The summed E-state index contributed by atoms with van der Waals surface area (Å²) in [5, 5.41) is 0. The smallest absolute Gasteiger partial charge is 0.279 e. The molecule has 0 spiro atoms. The van der Waals surface area contributed by atoms with E-state index in [1.165, 1.54) is 11.3 Å². The molecule has 8 heteroatoms. The van der Waals surface area contributed by atoms with Crippen LogP contribution in [-0.4, -0.2) is 25.0 Å². The minimum atomic E-state index is -0.438. The van der Waals surface area contributed by atoms with Crippen molar-refractivity contribution in [2.45, 2.75) is 20.3 Å². The van der Waals surface area contributed by atoms with Gasteiger partial charge >= 0.3 is 0 Å². The highest BCUT2D eigenvalue weighted by molar-refractivity contribution is 9.11. The average Bonchev–Trinajstić information content (AvgIpc) is 3.05. The summed E-state index contributed by atoms with van der Waals surface area (Å²) in [6.07, 6.45) is 0.874. The maximum Gasteiger partial charge on any atom is 0.279 e. The molecule has 0 bridgehead atoms. The van der Waals surface area contributed by atoms with E-state index in [2.05, 4.69) is 26.8 Å². The molecular formula is C17H19BrN2O4S. The number of halogens is 1. The third kappa shape index (κ3) is 5.47. The van der Waals surface area contributed by atoms with Gasteiger partial charge < -0.3 is 9.47 Å². The molecular weight excluding hydrogens is 408 g/mol. The van der Waals surface area contributed by atoms with Crippen LogP contribution >= 0.6 is 27.3 Å². The molecule has 2 N–H and O–H groups in total. The van der Waals surface area contributed by atoms with Gasteiger partial charge in [-0.05, 0) is 59.6 Å². The number of carbonyl (C=O) groups excluding carboxylic acids is 2. The van der Waals surface area contributed by atoms with E-state index in [-0.39, 0.29) is 5.91 Å². The van der Waals surface area contributed by atoms with Crippen LogP contribution in [-0.2, 0) is 0 Å². The molecule has 0 aliphatic carbocycles. The van der Waals surface area contributed by atoms with Crippen LogP contribution in [0.25, 0.3) is 0 Å². The molecule has 6 nitrogen and oxygen atoms in total. The Hall–Kier alpha value is -2.06. The zero-order valence-corrected chi connectivity index (χ0v) is 16.3. The van der Waals surface area contributed by atoms with E-state index < -0.39 is 5.91 Å². The first-order valence-corrected chi connectivity index (χ1v) is 9.41. The largest absolute Gasteiger partial charge is 0.490 e. The average molecular weight is 427 g/mol. The fourth-order valence-corrected chi connectivity index (χ4v) is 3.21. The van der Waals surface area contributed by atoms with Crippen molar-refractivity contribution < 1.29 is 19.1 Å². The number of nitrogens with one attached hydrogen (secondary N) is 2. The first-order chi connectivity index (χ1) is 12.0. The van der Waals surface area contributed by atoms with Gasteiger partial charge in [0, 0.05) is 5.56 Å². The van der Waals surface area contributed by atoms with Gasteiger partial charge in [0.1, 0.15) is 0 Å². The molecule has 1 heterocycles. The Morgan fingerprint density at radius 1 is 1.04 bits per heavy atom. The lowest BCUT2D eigenvalue weighted by molar-refractivity contribution is 0.0848. The number of hydrazine groups is 1. The molecule has 1 aromatic carbocycles. The van der Waals surface area contributed by atoms with E-state index in [0.717, 1.165) is 10.2 Å². The van der Waals surface area contributed by atoms with Gasteiger partial charge in [0.15, 0.2) is 11.5 Å². The Morgan fingerprint density at radius 2 is 1.80 bits per heavy atom. The first kappa shape index (κ1) is 19.3. The summed E-state index contributed by atoms with van der Waals surface area (Å²) in [6, 6.07) is 8.34. The van der Waals surface area contributed by atoms with Gasteiger partial charge in [0.2, 0.25) is 0 Å². The minimum absolute atomic E-state index is 0.361. The van der Waals surface area contributed by atoms with Crippen LogP contribution in [0.15, 0.2) is 34.1 Å². The van der Waals surface area contributed by atoms with Crippen molar-refractivity contribution in [3.05, 3.63) is 44.6 Å². The Bertz CT molecular complexity index is 748. The third-order valence-corrected chi connectivity index (χ3v) is 4.68. The summed E-state index contributed by atoms with van der Waals surface area (Å²) in [5.74, 6) is 0.272. The molecule has 2 amide bonds. The van der Waals surface area contributed by atoms with Gasteiger partial charge in [-0.2, -0.15) is 0 Å². The van der Waals surface area contributed by atoms with E-state index >= 15 is 0 Å². The van der Waals surface area contributed by atoms with Crippen molar-refractivity contribution in [3.63, 3.8) is 0 Å². The fraction of sp³-hybridized carbons (Fsp3) is 0.294. The number of carbonyl (C=O) groups is 2. The van der Waals surface area contributed by atoms with Gasteiger partial charge in [0.25, 0.3) is 11.8 Å². The van der Waals surface area contributed by atoms with Crippen molar-refractivity contribution in [2.75, 3.05) is 13.2 Å². The second-order valence-corrected chi connectivity index (χ2v) is 7.42. The summed E-state index contributed by atoms with van der Waals surface area (Å²) >= 11 is 4.57. The molecule has 0 saturated carbocycles. The summed E-state index contributed by atoms with van der Waals surface area (Å²) in [6.45, 7) is 4.89. The summed E-state index contributed by atoms with van der Waals surface area (Å²) < 4.78 is 12.0. The molecule has 134 valence electrons. The zero-order valence-electron chi connectivity index (χ0n) is 13.9. The predicted octanol–water partition coefficient (Wildman–Crippen LogP) is 3.77. The maximum atomic E-state index is 12.2. The van der Waals surface area contributed by atoms with Crippen LogP contribution in [0.2, 0.25) is 0 Å². The molecule has 0 radical (unpaired) electrons. The third-order valence-electron chi connectivity index (χ3n) is 3.05. The van der Waals surface area contributed by atoms with Crippen molar-refractivity contribution in [2.24, 2.45) is 0 Å². The molecule has 0 aliphatic heterocycles. The molecule has 0 aliphatic rings. The zero-order chi connectivity index (χ0) is 18.2. The van der Waals surface area contributed by atoms with E-state index in [4.69, 9.17) is 9.47 Å². The van der Waals surface area contributed by atoms with Gasteiger partial charge in [-0.15, -0.1) is 11.3 Å². The molecule has 0 unspecified atom stereocenters. The van der Waals surface area contributed by atoms with Gasteiger partial charge in [-0.25, -0.2) is 0 Å². The second-order valence-electron chi connectivity index (χ2n) is 4.95. The van der Waals surface area contributed by atoms with Gasteiger partial charge in [0.05, 0.1) is 21.9 Å². The lowest BCUT2D eigenvalue weighted by Gasteiger charge is -2.13. The van der Waals surface area contributed by atoms with Crippen molar-refractivity contribution in [1.29, 1.82) is 0 Å². The van der Waals surface area contributed by atoms with E-state index in [9.17, 15) is 9.59 Å². The Kier molecular flexibility index (Phi) is 7.27. The summed E-state index contributed by atoms with van der Waals surface area (Å²) in [5.41, 5.74) is 5.15. The topological polar surface area (TPSA) is 76.7 Å². The molecule has 0 saturated heterocycles. The van der Waals surface area contributed by atoms with E-state index in [1.54, 1.807) is 30.3 Å². The summed E-state index contributed by atoms with van der Waals surface area (Å²) in [7, 11) is 0. The molecule has 2 rings (SSSR count). The highest BCUT2D eigenvalue weighted by atomic mass is 79.9. The quantitative estimate of drug-likeness (QED) is 0.660. The van der Waals surface area contributed by atoms with Crippen molar-refractivity contribution >= 4 is 39.1 Å². The Balaban J connectivity index is 2.02. The van der Waals surface area contributed by atoms with Crippen molar-refractivity contribution in [1.82, 2.24) is 10.9 Å². The summed E-state index contributed by atoms with van der Waals surface area (Å²) in [4.78, 5) is 24.7. The first-order valence-electron chi connectivity index (χ1n) is 7.80. The number of benzene rings is 1. The van der Waals surface area contributed by atoms with Crippen molar-refractivity contribution in [3.8, 4) is 11.5 Å². The van der Waals surface area contributed by atoms with E-state index in [1.807, 2.05) is 13.8 Å². The SMILES string of the molecule is CCCOc1ccc(C(=O)NNC(=O)c2ccc(Br)s2)cc1OCC. The normalized spacial score (nSPS) is 10.2. The molecule has 1 aromatic heterocycles. The number of ether oxygens (including phenoxy) is 2. The Morgan fingerprint density at radius 3 is 2.44 bits per heavy atom. The number of hydrogen-bond acceptors (Lipinski definition) is 5. The fourth-order valence-electron chi connectivity index (χ4n) is 1.93. The number of thiophene rings is 1. The lowest BCUT2D eigenvalue weighted by Crippen LogP contribution is -2.41. The van der Waals surface area contributed by atoms with Crippen LogP contribution in [0.5, 0.6) is 11.5 Å².